The van der Waals surface area contributed by atoms with E-state index in [1.54, 1.807) is 0 Å². The summed E-state index contributed by atoms with van der Waals surface area (Å²) in [5.41, 5.74) is 0.596. The van der Waals surface area contributed by atoms with Crippen molar-refractivity contribution in [3.8, 4) is 0 Å². The molecule has 0 aliphatic heterocycles. The van der Waals surface area contributed by atoms with E-state index >= 15 is 0 Å². The van der Waals surface area contributed by atoms with Crippen LogP contribution in [0.15, 0.2) is 48.5 Å². The van der Waals surface area contributed by atoms with Crippen LogP contribution in [0.25, 0.3) is 0 Å². The number of anilines is 2. The Morgan fingerprint density at radius 1 is 0.708 bits per heavy atom. The summed E-state index contributed by atoms with van der Waals surface area (Å²) in [6, 6.07) is 9.90. The monoisotopic (exact) mass is 333 g/mol. The zero-order valence-electron chi connectivity index (χ0n) is 12.3. The number of amides is 3. The van der Waals surface area contributed by atoms with E-state index < -0.39 is 35.9 Å². The van der Waals surface area contributed by atoms with Gasteiger partial charge in [0.1, 0.15) is 11.6 Å². The largest absolute Gasteiger partial charge is 0.339 e. The maximum atomic E-state index is 12.7. The van der Waals surface area contributed by atoms with Gasteiger partial charge in [-0.25, -0.2) is 8.78 Å². The molecule has 0 unspecified atom stereocenters. The summed E-state index contributed by atoms with van der Waals surface area (Å²) in [4.78, 5) is 34.8. The average molecular weight is 333 g/mol. The number of carbonyl (C=O) groups excluding carboxylic acids is 3. The van der Waals surface area contributed by atoms with Crippen LogP contribution in [0.2, 0.25) is 0 Å². The van der Waals surface area contributed by atoms with Crippen molar-refractivity contribution < 1.29 is 23.2 Å². The number of hydrogen-bond acceptors (Lipinski definition) is 3. The quantitative estimate of drug-likeness (QED) is 0.744. The molecule has 0 aliphatic carbocycles. The molecule has 2 aromatic carbocycles. The van der Waals surface area contributed by atoms with Crippen LogP contribution in [0.1, 0.15) is 0 Å². The molecule has 0 bridgehead atoms. The summed E-state index contributed by atoms with van der Waals surface area (Å²) in [7, 11) is 0. The van der Waals surface area contributed by atoms with Crippen molar-refractivity contribution in [3.63, 3.8) is 0 Å². The number of nitrogens with one attached hydrogen (secondary N) is 3. The van der Waals surface area contributed by atoms with Gasteiger partial charge in [0.25, 0.3) is 0 Å². The standard InChI is InChI=1S/C16H13F2N3O3/c17-10-1-5-12(6-2-10)20-14(22)9-19-15(23)16(24)21-13-7-3-11(18)4-8-13/h1-8H,9H2,(H,19,23)(H,20,22)(H,21,24). The predicted molar refractivity (Wildman–Crippen MR) is 83.1 cm³/mol. The lowest BCUT2D eigenvalue weighted by Gasteiger charge is -2.07. The molecule has 0 fully saturated rings. The van der Waals surface area contributed by atoms with Crippen molar-refractivity contribution in [1.29, 1.82) is 0 Å². The highest BCUT2D eigenvalue weighted by Gasteiger charge is 2.15. The first-order valence-electron chi connectivity index (χ1n) is 6.84. The molecule has 0 spiro atoms. The maximum Gasteiger partial charge on any atom is 0.313 e. The van der Waals surface area contributed by atoms with Crippen LogP contribution < -0.4 is 16.0 Å². The van der Waals surface area contributed by atoms with E-state index in [0.29, 0.717) is 5.69 Å². The number of hydrogen-bond donors (Lipinski definition) is 3. The van der Waals surface area contributed by atoms with Gasteiger partial charge in [-0.2, -0.15) is 0 Å². The van der Waals surface area contributed by atoms with Crippen LogP contribution in [0.4, 0.5) is 20.2 Å². The first kappa shape index (κ1) is 17.1. The molecule has 6 nitrogen and oxygen atoms in total. The number of benzene rings is 2. The Morgan fingerprint density at radius 2 is 1.17 bits per heavy atom. The van der Waals surface area contributed by atoms with E-state index in [1.165, 1.54) is 36.4 Å². The van der Waals surface area contributed by atoms with Gasteiger partial charge in [-0.3, -0.25) is 14.4 Å². The summed E-state index contributed by atoms with van der Waals surface area (Å²) in [5.74, 6) is -3.51. The van der Waals surface area contributed by atoms with E-state index in [9.17, 15) is 23.2 Å². The van der Waals surface area contributed by atoms with Gasteiger partial charge in [-0.05, 0) is 48.5 Å². The Balaban J connectivity index is 1.79. The van der Waals surface area contributed by atoms with Gasteiger partial charge in [0.2, 0.25) is 5.91 Å². The molecule has 2 rings (SSSR count). The normalized spacial score (nSPS) is 9.92. The third-order valence-corrected chi connectivity index (χ3v) is 2.85. The van der Waals surface area contributed by atoms with Crippen molar-refractivity contribution >= 4 is 29.1 Å². The molecule has 2 aromatic rings. The van der Waals surface area contributed by atoms with Crippen molar-refractivity contribution in [2.24, 2.45) is 0 Å². The molecular weight excluding hydrogens is 320 g/mol. The van der Waals surface area contributed by atoms with E-state index in [4.69, 9.17) is 0 Å². The van der Waals surface area contributed by atoms with E-state index in [-0.39, 0.29) is 5.69 Å². The summed E-state index contributed by atoms with van der Waals surface area (Å²) < 4.78 is 25.5. The highest BCUT2D eigenvalue weighted by molar-refractivity contribution is 6.39. The molecule has 24 heavy (non-hydrogen) atoms. The smallest absolute Gasteiger partial charge is 0.313 e. The molecule has 0 atom stereocenters. The van der Waals surface area contributed by atoms with Gasteiger partial charge in [-0.15, -0.1) is 0 Å². The highest BCUT2D eigenvalue weighted by atomic mass is 19.1. The van der Waals surface area contributed by atoms with Gasteiger partial charge in [0, 0.05) is 11.4 Å². The first-order chi connectivity index (χ1) is 11.4. The Morgan fingerprint density at radius 3 is 1.67 bits per heavy atom. The maximum absolute atomic E-state index is 12.7. The fourth-order valence-corrected chi connectivity index (χ4v) is 1.70. The second-order valence-corrected chi connectivity index (χ2v) is 4.70. The Bertz CT molecular complexity index is 746. The second kappa shape index (κ2) is 7.82. The van der Waals surface area contributed by atoms with Crippen LogP contribution >= 0.6 is 0 Å². The minimum Gasteiger partial charge on any atom is -0.339 e. The molecule has 124 valence electrons. The van der Waals surface area contributed by atoms with Gasteiger partial charge in [0.15, 0.2) is 0 Å². The van der Waals surface area contributed by atoms with E-state index in [1.807, 2.05) is 0 Å². The molecular formula is C16H13F2N3O3. The van der Waals surface area contributed by atoms with Crippen LogP contribution in [-0.2, 0) is 14.4 Å². The lowest BCUT2D eigenvalue weighted by molar-refractivity contribution is -0.136. The van der Waals surface area contributed by atoms with Crippen molar-refractivity contribution in [1.82, 2.24) is 5.32 Å². The zero-order valence-corrected chi connectivity index (χ0v) is 12.3. The SMILES string of the molecule is O=C(CNC(=O)C(=O)Nc1ccc(F)cc1)Nc1ccc(F)cc1. The molecule has 3 N–H and O–H groups in total. The van der Waals surface area contributed by atoms with Crippen LogP contribution in [0.3, 0.4) is 0 Å². The molecule has 0 aromatic heterocycles. The Labute approximate surface area is 135 Å². The fourth-order valence-electron chi connectivity index (χ4n) is 1.70. The summed E-state index contributed by atoms with van der Waals surface area (Å²) in [6.45, 7) is -0.437. The Kier molecular flexibility index (Phi) is 5.56. The molecule has 0 saturated carbocycles. The summed E-state index contributed by atoms with van der Waals surface area (Å²) >= 11 is 0. The van der Waals surface area contributed by atoms with Crippen molar-refractivity contribution in [3.05, 3.63) is 60.2 Å². The highest BCUT2D eigenvalue weighted by Crippen LogP contribution is 2.08. The molecule has 0 saturated heterocycles. The number of rotatable bonds is 4. The third-order valence-electron chi connectivity index (χ3n) is 2.85. The second-order valence-electron chi connectivity index (χ2n) is 4.70. The van der Waals surface area contributed by atoms with Crippen LogP contribution in [-0.4, -0.2) is 24.3 Å². The van der Waals surface area contributed by atoms with Crippen LogP contribution in [0, 0.1) is 11.6 Å². The molecule has 3 amide bonds. The summed E-state index contributed by atoms with van der Waals surface area (Å²) in [6.07, 6.45) is 0. The van der Waals surface area contributed by atoms with Crippen molar-refractivity contribution in [2.75, 3.05) is 17.2 Å². The molecule has 8 heteroatoms. The van der Waals surface area contributed by atoms with Gasteiger partial charge in [0.05, 0.1) is 6.54 Å². The van der Waals surface area contributed by atoms with Crippen LogP contribution in [0.5, 0.6) is 0 Å². The third kappa shape index (κ3) is 5.16. The first-order valence-corrected chi connectivity index (χ1v) is 6.84. The molecule has 0 radical (unpaired) electrons. The van der Waals surface area contributed by atoms with Gasteiger partial charge < -0.3 is 16.0 Å². The Hall–Kier alpha value is -3.29. The fraction of sp³-hybridized carbons (Fsp3) is 0.0625. The van der Waals surface area contributed by atoms with Gasteiger partial charge >= 0.3 is 11.8 Å². The number of halogens is 2. The van der Waals surface area contributed by atoms with E-state index in [0.717, 1.165) is 12.1 Å². The molecule has 0 heterocycles. The summed E-state index contributed by atoms with van der Waals surface area (Å²) in [5, 5.41) is 6.82. The average Bonchev–Trinajstić information content (AvgIpc) is 2.57. The topological polar surface area (TPSA) is 87.3 Å². The lowest BCUT2D eigenvalue weighted by Crippen LogP contribution is -2.39. The van der Waals surface area contributed by atoms with Crippen molar-refractivity contribution in [2.45, 2.75) is 0 Å². The minimum absolute atomic E-state index is 0.243. The molecule has 0 aliphatic rings. The predicted octanol–water partition coefficient (Wildman–Crippen LogP) is 1.66. The van der Waals surface area contributed by atoms with E-state index in [2.05, 4.69) is 16.0 Å². The zero-order chi connectivity index (χ0) is 17.5. The van der Waals surface area contributed by atoms with Gasteiger partial charge in [-0.1, -0.05) is 0 Å². The minimum atomic E-state index is -1.02. The number of carbonyl (C=O) groups is 3. The lowest BCUT2D eigenvalue weighted by atomic mass is 10.3.